The van der Waals surface area contributed by atoms with Crippen molar-refractivity contribution in [2.75, 3.05) is 18.1 Å². The summed E-state index contributed by atoms with van der Waals surface area (Å²) in [6.07, 6.45) is 0.0363. The third-order valence-electron chi connectivity index (χ3n) is 4.46. The van der Waals surface area contributed by atoms with Crippen LogP contribution in [0.25, 0.3) is 0 Å². The van der Waals surface area contributed by atoms with Crippen LogP contribution in [0.2, 0.25) is 0 Å². The zero-order valence-electron chi connectivity index (χ0n) is 15.4. The van der Waals surface area contributed by atoms with Crippen LogP contribution < -0.4 is 9.64 Å². The molecule has 7 heteroatoms. The highest BCUT2D eigenvalue weighted by atomic mass is 16.6. The third-order valence-corrected chi connectivity index (χ3v) is 4.46. The third kappa shape index (κ3) is 4.25. The number of hydrogen-bond acceptors (Lipinski definition) is 5. The molecule has 1 aliphatic heterocycles. The molecular weight excluding hydrogens is 372 g/mol. The van der Waals surface area contributed by atoms with Crippen LogP contribution in [-0.4, -0.2) is 30.1 Å². The highest BCUT2D eigenvalue weighted by Crippen LogP contribution is 2.37. The number of ether oxygens (including phenoxy) is 2. The van der Waals surface area contributed by atoms with Crippen LogP contribution in [0.4, 0.5) is 17.1 Å². The molecule has 7 nitrogen and oxygen atoms in total. The summed E-state index contributed by atoms with van der Waals surface area (Å²) in [5.41, 5.74) is 0.916. The molecule has 1 amide bonds. The van der Waals surface area contributed by atoms with E-state index >= 15 is 0 Å². The Hall–Kier alpha value is -3.71. The molecule has 3 aromatic carbocycles. The van der Waals surface area contributed by atoms with E-state index < -0.39 is 4.92 Å². The number of hydrogen-bond donors (Lipinski definition) is 0. The lowest BCUT2D eigenvalue weighted by Crippen LogP contribution is -2.26. The van der Waals surface area contributed by atoms with Crippen molar-refractivity contribution in [1.82, 2.24) is 0 Å². The fourth-order valence-corrected chi connectivity index (χ4v) is 2.93. The molecule has 1 atom stereocenters. The minimum absolute atomic E-state index is 0.0363. The molecule has 0 saturated carbocycles. The van der Waals surface area contributed by atoms with Crippen molar-refractivity contribution in [3.63, 3.8) is 0 Å². The minimum Gasteiger partial charge on any atom is -0.491 e. The number of nitro groups is 1. The Morgan fingerprint density at radius 1 is 1.07 bits per heavy atom. The second-order valence-corrected chi connectivity index (χ2v) is 6.52. The number of para-hydroxylation sites is 1. The van der Waals surface area contributed by atoms with E-state index in [1.54, 1.807) is 54.6 Å². The maximum atomic E-state index is 13.3. The smallest absolute Gasteiger partial charge is 0.297 e. The number of nitrogens with zero attached hydrogens (tertiary/aromatic N) is 2. The van der Waals surface area contributed by atoms with Crippen LogP contribution in [0, 0.1) is 10.1 Å². The van der Waals surface area contributed by atoms with E-state index in [0.717, 1.165) is 0 Å². The van der Waals surface area contributed by atoms with Gasteiger partial charge in [0.15, 0.2) is 0 Å². The average Bonchev–Trinajstić information content (AvgIpc) is 3.59. The maximum Gasteiger partial charge on any atom is 0.297 e. The number of benzene rings is 3. The molecular formula is C22H18N2O5. The molecule has 0 aliphatic carbocycles. The first kappa shape index (κ1) is 18.6. The second-order valence-electron chi connectivity index (χ2n) is 6.52. The fourth-order valence-electron chi connectivity index (χ4n) is 2.93. The molecule has 1 heterocycles. The maximum absolute atomic E-state index is 13.3. The van der Waals surface area contributed by atoms with Crippen molar-refractivity contribution in [2.24, 2.45) is 0 Å². The zero-order valence-corrected chi connectivity index (χ0v) is 15.4. The first-order valence-electron chi connectivity index (χ1n) is 9.11. The van der Waals surface area contributed by atoms with E-state index in [1.807, 2.05) is 12.1 Å². The van der Waals surface area contributed by atoms with Gasteiger partial charge in [0.25, 0.3) is 11.6 Å². The number of carbonyl (C=O) groups excluding carboxylic acids is 1. The summed E-state index contributed by atoms with van der Waals surface area (Å²) in [5, 5.41) is 11.8. The van der Waals surface area contributed by atoms with Crippen molar-refractivity contribution in [3.8, 4) is 5.75 Å². The first-order valence-corrected chi connectivity index (χ1v) is 9.11. The standard InChI is InChI=1S/C22H18N2O5/c25-22(16-7-3-1-4-8-16)23(17-9-5-2-6-10-17)20-12-11-18(13-21(20)24(26)27)28-14-19-15-29-19/h1-13,19H,14-15H2. The predicted molar refractivity (Wildman–Crippen MR) is 108 cm³/mol. The molecule has 146 valence electrons. The number of rotatable bonds is 7. The highest BCUT2D eigenvalue weighted by Gasteiger charge is 2.28. The van der Waals surface area contributed by atoms with Crippen LogP contribution in [0.5, 0.6) is 5.75 Å². The van der Waals surface area contributed by atoms with Crippen molar-refractivity contribution in [1.29, 1.82) is 0 Å². The number of carbonyl (C=O) groups is 1. The van der Waals surface area contributed by atoms with Crippen LogP contribution in [0.1, 0.15) is 10.4 Å². The van der Waals surface area contributed by atoms with Gasteiger partial charge < -0.3 is 9.47 Å². The van der Waals surface area contributed by atoms with Gasteiger partial charge >= 0.3 is 0 Å². The number of anilines is 2. The summed E-state index contributed by atoms with van der Waals surface area (Å²) in [7, 11) is 0. The van der Waals surface area contributed by atoms with E-state index in [4.69, 9.17) is 9.47 Å². The minimum atomic E-state index is -0.510. The summed E-state index contributed by atoms with van der Waals surface area (Å²) < 4.78 is 10.7. The van der Waals surface area contributed by atoms with Crippen LogP contribution in [0.3, 0.4) is 0 Å². The van der Waals surface area contributed by atoms with Gasteiger partial charge in [-0.2, -0.15) is 0 Å². The lowest BCUT2D eigenvalue weighted by Gasteiger charge is -2.23. The summed E-state index contributed by atoms with van der Waals surface area (Å²) in [4.78, 5) is 25.9. The lowest BCUT2D eigenvalue weighted by atomic mass is 10.1. The van der Waals surface area contributed by atoms with E-state index in [0.29, 0.717) is 30.2 Å². The predicted octanol–water partition coefficient (Wildman–Crippen LogP) is 4.35. The average molecular weight is 390 g/mol. The molecule has 29 heavy (non-hydrogen) atoms. The van der Waals surface area contributed by atoms with Crippen LogP contribution in [0.15, 0.2) is 78.9 Å². The van der Waals surface area contributed by atoms with Crippen molar-refractivity contribution in [3.05, 3.63) is 94.5 Å². The number of amides is 1. The van der Waals surface area contributed by atoms with Gasteiger partial charge in [-0.15, -0.1) is 0 Å². The summed E-state index contributed by atoms with van der Waals surface area (Å²) in [6.45, 7) is 0.968. The Bertz CT molecular complexity index is 1020. The topological polar surface area (TPSA) is 85.2 Å². The zero-order chi connectivity index (χ0) is 20.2. The van der Waals surface area contributed by atoms with Crippen molar-refractivity contribution < 1.29 is 19.2 Å². The molecule has 0 spiro atoms. The van der Waals surface area contributed by atoms with Gasteiger partial charge in [-0.3, -0.25) is 19.8 Å². The van der Waals surface area contributed by atoms with Crippen LogP contribution >= 0.6 is 0 Å². The Kier molecular flexibility index (Phi) is 5.22. The second kappa shape index (κ2) is 8.12. The number of epoxide rings is 1. The number of nitro benzene ring substituents is 1. The Morgan fingerprint density at radius 3 is 2.34 bits per heavy atom. The monoisotopic (exact) mass is 390 g/mol. The normalized spacial score (nSPS) is 14.8. The van der Waals surface area contributed by atoms with Crippen molar-refractivity contribution >= 4 is 23.0 Å². The summed E-state index contributed by atoms with van der Waals surface area (Å²) >= 11 is 0. The Morgan fingerprint density at radius 2 is 1.72 bits per heavy atom. The molecule has 1 aliphatic rings. The molecule has 0 aromatic heterocycles. The highest BCUT2D eigenvalue weighted by molar-refractivity contribution is 6.12. The quantitative estimate of drug-likeness (QED) is 0.340. The SMILES string of the molecule is O=C(c1ccccc1)N(c1ccccc1)c1ccc(OCC2CO2)cc1[N+](=O)[O-]. The van der Waals surface area contributed by atoms with Gasteiger partial charge in [-0.25, -0.2) is 0 Å². The van der Waals surface area contributed by atoms with E-state index in [2.05, 4.69) is 0 Å². The Balaban J connectivity index is 1.77. The van der Waals surface area contributed by atoms with E-state index in [-0.39, 0.29) is 23.4 Å². The molecule has 1 unspecified atom stereocenters. The lowest BCUT2D eigenvalue weighted by molar-refractivity contribution is -0.384. The summed E-state index contributed by atoms with van der Waals surface area (Å²) in [6, 6.07) is 22.0. The van der Waals surface area contributed by atoms with Crippen molar-refractivity contribution in [2.45, 2.75) is 6.10 Å². The van der Waals surface area contributed by atoms with E-state index in [9.17, 15) is 14.9 Å². The molecule has 3 aromatic rings. The van der Waals surface area contributed by atoms with Gasteiger partial charge in [0.2, 0.25) is 0 Å². The first-order chi connectivity index (χ1) is 14.1. The molecule has 0 radical (unpaired) electrons. The molecule has 1 fully saturated rings. The van der Waals surface area contributed by atoms with Gasteiger partial charge in [-0.1, -0.05) is 36.4 Å². The molecule has 0 N–H and O–H groups in total. The molecule has 1 saturated heterocycles. The van der Waals surface area contributed by atoms with Gasteiger partial charge in [0.1, 0.15) is 24.1 Å². The fraction of sp³-hybridized carbons (Fsp3) is 0.136. The van der Waals surface area contributed by atoms with Gasteiger partial charge in [0.05, 0.1) is 17.6 Å². The molecule has 4 rings (SSSR count). The largest absolute Gasteiger partial charge is 0.491 e. The van der Waals surface area contributed by atoms with Gasteiger partial charge in [0, 0.05) is 11.3 Å². The van der Waals surface area contributed by atoms with Crippen LogP contribution in [-0.2, 0) is 4.74 Å². The summed E-state index contributed by atoms with van der Waals surface area (Å²) in [5.74, 6) is -0.00364. The van der Waals surface area contributed by atoms with E-state index in [1.165, 1.54) is 17.0 Å². The Labute approximate surface area is 167 Å². The van der Waals surface area contributed by atoms with Gasteiger partial charge in [-0.05, 0) is 36.4 Å². The molecule has 0 bridgehead atoms.